The van der Waals surface area contributed by atoms with E-state index in [4.69, 9.17) is 9.84 Å². The zero-order chi connectivity index (χ0) is 24.0. The van der Waals surface area contributed by atoms with E-state index in [-0.39, 0.29) is 11.9 Å². The van der Waals surface area contributed by atoms with Crippen LogP contribution >= 0.6 is 11.3 Å². The van der Waals surface area contributed by atoms with Crippen LogP contribution in [-0.4, -0.2) is 53.4 Å². The number of thiophene rings is 1. The lowest BCUT2D eigenvalue weighted by atomic mass is 10.1. The van der Waals surface area contributed by atoms with Gasteiger partial charge < -0.3 is 10.1 Å². The van der Waals surface area contributed by atoms with Crippen LogP contribution in [0.1, 0.15) is 32.4 Å². The summed E-state index contributed by atoms with van der Waals surface area (Å²) in [6.07, 6.45) is 1.87. The molecule has 1 unspecified atom stereocenters. The molecule has 1 N–H and O–H groups in total. The van der Waals surface area contributed by atoms with Gasteiger partial charge in [-0.1, -0.05) is 66.2 Å². The number of ether oxygens (including phenoxy) is 1. The summed E-state index contributed by atoms with van der Waals surface area (Å²) >= 11 is 1.73. The van der Waals surface area contributed by atoms with Crippen LogP contribution < -0.4 is 5.32 Å². The Morgan fingerprint density at radius 1 is 1.06 bits per heavy atom. The fourth-order valence-electron chi connectivity index (χ4n) is 4.43. The molecule has 4 aromatic rings. The fraction of sp³-hybridized carbons (Fsp3) is 0.286. The number of carbonyl (C=O) groups is 1. The largest absolute Gasteiger partial charge is 0.379 e. The Kier molecular flexibility index (Phi) is 7.37. The monoisotopic (exact) mass is 486 g/mol. The third-order valence-electron chi connectivity index (χ3n) is 6.33. The van der Waals surface area contributed by atoms with Crippen LogP contribution in [0.15, 0.2) is 78.3 Å². The van der Waals surface area contributed by atoms with Gasteiger partial charge in [0.1, 0.15) is 5.69 Å². The third kappa shape index (κ3) is 5.70. The first-order valence-corrected chi connectivity index (χ1v) is 12.9. The first-order chi connectivity index (χ1) is 17.2. The van der Waals surface area contributed by atoms with Gasteiger partial charge in [-0.05, 0) is 23.9 Å². The van der Waals surface area contributed by atoms with Crippen LogP contribution in [0.2, 0.25) is 0 Å². The normalized spacial score (nSPS) is 15.1. The molecule has 0 bridgehead atoms. The van der Waals surface area contributed by atoms with E-state index >= 15 is 0 Å². The first-order valence-electron chi connectivity index (χ1n) is 12.0. The topological polar surface area (TPSA) is 59.4 Å². The van der Waals surface area contributed by atoms with E-state index in [2.05, 4.69) is 58.9 Å². The van der Waals surface area contributed by atoms with Crippen molar-refractivity contribution >= 4 is 17.2 Å². The lowest BCUT2D eigenvalue weighted by molar-refractivity contribution is 0.0169. The Hall–Kier alpha value is -3.26. The first kappa shape index (κ1) is 23.5. The van der Waals surface area contributed by atoms with E-state index in [1.807, 2.05) is 41.2 Å². The average molecular weight is 487 g/mol. The summed E-state index contributed by atoms with van der Waals surface area (Å²) in [4.78, 5) is 17.2. The van der Waals surface area contributed by atoms with Crippen LogP contribution in [0.4, 0.5) is 0 Å². The molecule has 2 aromatic carbocycles. The van der Waals surface area contributed by atoms with Crippen LogP contribution in [0.3, 0.4) is 0 Å². The SMILES string of the molecule is Cc1ccc(-c2nn(Cc3ccccc3)cc2C(=O)NCC(c2cccs2)N2CCOCC2)cc1. The summed E-state index contributed by atoms with van der Waals surface area (Å²) in [7, 11) is 0. The number of benzene rings is 2. The molecular formula is C28H30N4O2S. The molecule has 7 heteroatoms. The molecule has 5 rings (SSSR count). The van der Waals surface area contributed by atoms with Crippen molar-refractivity contribution in [2.75, 3.05) is 32.8 Å². The highest BCUT2D eigenvalue weighted by Crippen LogP contribution is 2.27. The zero-order valence-electron chi connectivity index (χ0n) is 19.9. The second-order valence-corrected chi connectivity index (χ2v) is 9.81. The highest BCUT2D eigenvalue weighted by atomic mass is 32.1. The van der Waals surface area contributed by atoms with Crippen molar-refractivity contribution in [1.82, 2.24) is 20.0 Å². The van der Waals surface area contributed by atoms with Crippen LogP contribution in [0.25, 0.3) is 11.3 Å². The van der Waals surface area contributed by atoms with Crippen molar-refractivity contribution in [2.45, 2.75) is 19.5 Å². The Balaban J connectivity index is 1.39. The molecule has 35 heavy (non-hydrogen) atoms. The number of carbonyl (C=O) groups excluding carboxylic acids is 1. The Labute approximate surface area is 210 Å². The number of nitrogens with zero attached hydrogens (tertiary/aromatic N) is 3. The molecule has 2 aromatic heterocycles. The lowest BCUT2D eigenvalue weighted by Gasteiger charge is -2.34. The van der Waals surface area contributed by atoms with Gasteiger partial charge in [0.05, 0.1) is 31.4 Å². The molecule has 0 saturated carbocycles. The van der Waals surface area contributed by atoms with E-state index in [9.17, 15) is 4.79 Å². The van der Waals surface area contributed by atoms with E-state index < -0.39 is 0 Å². The molecule has 1 amide bonds. The smallest absolute Gasteiger partial charge is 0.255 e. The molecule has 180 valence electrons. The lowest BCUT2D eigenvalue weighted by Crippen LogP contribution is -2.43. The molecule has 1 atom stereocenters. The van der Waals surface area contributed by atoms with Gasteiger partial charge in [0.25, 0.3) is 5.91 Å². The van der Waals surface area contributed by atoms with E-state index in [1.165, 1.54) is 10.4 Å². The van der Waals surface area contributed by atoms with Crippen LogP contribution in [-0.2, 0) is 11.3 Å². The summed E-state index contributed by atoms with van der Waals surface area (Å²) in [5, 5.41) is 10.1. The van der Waals surface area contributed by atoms with E-state index in [0.717, 1.165) is 37.4 Å². The molecule has 1 aliphatic rings. The van der Waals surface area contributed by atoms with Gasteiger partial charge in [0.2, 0.25) is 0 Å². The number of aromatic nitrogens is 2. The Morgan fingerprint density at radius 3 is 2.54 bits per heavy atom. The van der Waals surface area contributed by atoms with Gasteiger partial charge in [0.15, 0.2) is 0 Å². The second-order valence-electron chi connectivity index (χ2n) is 8.83. The maximum absolute atomic E-state index is 13.5. The molecule has 1 fully saturated rings. The Bertz CT molecular complexity index is 1230. The molecular weight excluding hydrogens is 456 g/mol. The molecule has 0 aliphatic carbocycles. The quantitative estimate of drug-likeness (QED) is 0.390. The second kappa shape index (κ2) is 11.0. The number of hydrogen-bond acceptors (Lipinski definition) is 5. The van der Waals surface area contributed by atoms with Gasteiger partial charge in [-0.15, -0.1) is 11.3 Å². The molecule has 3 heterocycles. The van der Waals surface area contributed by atoms with Crippen molar-refractivity contribution in [3.8, 4) is 11.3 Å². The maximum Gasteiger partial charge on any atom is 0.255 e. The predicted octanol–water partition coefficient (Wildman–Crippen LogP) is 4.77. The molecule has 1 aliphatic heterocycles. The summed E-state index contributed by atoms with van der Waals surface area (Å²) < 4.78 is 7.41. The van der Waals surface area contributed by atoms with Crippen molar-refractivity contribution in [2.24, 2.45) is 0 Å². The number of morpholine rings is 1. The number of rotatable bonds is 8. The fourth-order valence-corrected chi connectivity index (χ4v) is 5.29. The highest BCUT2D eigenvalue weighted by Gasteiger charge is 2.25. The molecule has 0 spiro atoms. The average Bonchev–Trinajstić information content (AvgIpc) is 3.57. The summed E-state index contributed by atoms with van der Waals surface area (Å²) in [6, 6.07) is 22.7. The number of amides is 1. The van der Waals surface area contributed by atoms with Gasteiger partial charge >= 0.3 is 0 Å². The van der Waals surface area contributed by atoms with Gasteiger partial charge in [-0.2, -0.15) is 5.10 Å². The maximum atomic E-state index is 13.5. The van der Waals surface area contributed by atoms with Crippen molar-refractivity contribution in [3.05, 3.63) is 99.9 Å². The third-order valence-corrected chi connectivity index (χ3v) is 7.31. The molecule has 1 saturated heterocycles. The van der Waals surface area contributed by atoms with Crippen molar-refractivity contribution in [1.29, 1.82) is 0 Å². The predicted molar refractivity (Wildman–Crippen MR) is 140 cm³/mol. The molecule has 0 radical (unpaired) electrons. The van der Waals surface area contributed by atoms with Gasteiger partial charge in [-0.25, -0.2) is 0 Å². The van der Waals surface area contributed by atoms with E-state index in [0.29, 0.717) is 24.3 Å². The van der Waals surface area contributed by atoms with Gasteiger partial charge in [0, 0.05) is 36.3 Å². The van der Waals surface area contributed by atoms with Crippen LogP contribution in [0, 0.1) is 6.92 Å². The number of nitrogens with one attached hydrogen (secondary N) is 1. The van der Waals surface area contributed by atoms with Gasteiger partial charge in [-0.3, -0.25) is 14.4 Å². The van der Waals surface area contributed by atoms with Crippen LogP contribution in [0.5, 0.6) is 0 Å². The standard InChI is InChI=1S/C28H30N4O2S/c1-21-9-11-23(12-10-21)27-24(20-32(30-27)19-22-6-3-2-4-7-22)28(33)29-18-25(26-8-5-17-35-26)31-13-15-34-16-14-31/h2-12,17,20,25H,13-16,18-19H2,1H3,(H,29,33). The Morgan fingerprint density at radius 2 is 1.83 bits per heavy atom. The van der Waals surface area contributed by atoms with Crippen molar-refractivity contribution < 1.29 is 9.53 Å². The summed E-state index contributed by atoms with van der Waals surface area (Å²) in [5.74, 6) is -0.102. The molecule has 6 nitrogen and oxygen atoms in total. The zero-order valence-corrected chi connectivity index (χ0v) is 20.7. The number of aryl methyl sites for hydroxylation is 1. The summed E-state index contributed by atoms with van der Waals surface area (Å²) in [5.41, 5.74) is 4.56. The number of hydrogen-bond donors (Lipinski definition) is 1. The minimum atomic E-state index is -0.102. The van der Waals surface area contributed by atoms with Crippen molar-refractivity contribution in [3.63, 3.8) is 0 Å². The minimum Gasteiger partial charge on any atom is -0.379 e. The van der Waals surface area contributed by atoms with E-state index in [1.54, 1.807) is 11.3 Å². The summed E-state index contributed by atoms with van der Waals surface area (Å²) in [6.45, 7) is 6.38. The highest BCUT2D eigenvalue weighted by molar-refractivity contribution is 7.10. The minimum absolute atomic E-state index is 0.102.